The zero-order valence-corrected chi connectivity index (χ0v) is 15.7. The molecule has 1 aliphatic carbocycles. The van der Waals surface area contributed by atoms with Crippen LogP contribution in [0.1, 0.15) is 43.0 Å². The Morgan fingerprint density at radius 2 is 1.93 bits per heavy atom. The van der Waals surface area contributed by atoms with Gasteiger partial charge in [-0.05, 0) is 43.6 Å². The second-order valence-corrected chi connectivity index (χ2v) is 8.41. The molecule has 1 amide bonds. The van der Waals surface area contributed by atoms with Crippen molar-refractivity contribution in [2.75, 3.05) is 31.1 Å². The Morgan fingerprint density at radius 3 is 2.59 bits per heavy atom. The summed E-state index contributed by atoms with van der Waals surface area (Å²) in [6.45, 7) is 5.14. The van der Waals surface area contributed by atoms with Gasteiger partial charge in [-0.2, -0.15) is 0 Å². The first-order valence-electron chi connectivity index (χ1n) is 9.94. The SMILES string of the molecule is CC1CCN(c2ccc([N+](=O)[O-])cc2C(=O)N2C[C@@H]3CC[C@@H](O)[C@H]3C2)CC1. The number of aliphatic hydroxyl groups is 1. The molecule has 0 radical (unpaired) electrons. The predicted octanol–water partition coefficient (Wildman–Crippen LogP) is 2.67. The van der Waals surface area contributed by atoms with Crippen LogP contribution in [0.4, 0.5) is 11.4 Å². The van der Waals surface area contributed by atoms with Crippen molar-refractivity contribution in [2.24, 2.45) is 17.8 Å². The van der Waals surface area contributed by atoms with E-state index in [4.69, 9.17) is 0 Å². The molecule has 0 bridgehead atoms. The fourth-order valence-electron chi connectivity index (χ4n) is 4.91. The number of anilines is 1. The highest BCUT2D eigenvalue weighted by atomic mass is 16.6. The van der Waals surface area contributed by atoms with E-state index in [9.17, 15) is 20.0 Å². The summed E-state index contributed by atoms with van der Waals surface area (Å²) in [7, 11) is 0. The molecule has 3 fully saturated rings. The van der Waals surface area contributed by atoms with Gasteiger partial charge in [-0.25, -0.2) is 0 Å². The van der Waals surface area contributed by atoms with E-state index in [0.717, 1.165) is 44.5 Å². The molecule has 0 aromatic heterocycles. The van der Waals surface area contributed by atoms with Crippen molar-refractivity contribution in [3.05, 3.63) is 33.9 Å². The quantitative estimate of drug-likeness (QED) is 0.650. The topological polar surface area (TPSA) is 86.9 Å². The molecule has 0 spiro atoms. The third kappa shape index (κ3) is 3.40. The standard InChI is InChI=1S/C20H27N3O4/c1-13-6-8-21(9-7-13)18-4-3-15(23(26)27)10-16(18)20(25)22-11-14-2-5-19(24)17(14)12-22/h3-4,10,13-14,17,19,24H,2,5-9,11-12H2,1H3/t14-,17-,19+/m0/s1. The number of carbonyl (C=O) groups is 1. The lowest BCUT2D eigenvalue weighted by molar-refractivity contribution is -0.384. The molecular weight excluding hydrogens is 346 g/mol. The average molecular weight is 373 g/mol. The summed E-state index contributed by atoms with van der Waals surface area (Å²) in [4.78, 5) is 28.1. The van der Waals surface area contributed by atoms with E-state index in [1.807, 2.05) is 0 Å². The molecule has 1 N–H and O–H groups in total. The summed E-state index contributed by atoms with van der Waals surface area (Å²) in [5, 5.41) is 21.4. The van der Waals surface area contributed by atoms with E-state index in [1.165, 1.54) is 12.1 Å². The largest absolute Gasteiger partial charge is 0.393 e. The number of non-ortho nitro benzene ring substituents is 1. The number of hydrogen-bond donors (Lipinski definition) is 1. The molecule has 146 valence electrons. The van der Waals surface area contributed by atoms with Gasteiger partial charge in [0.15, 0.2) is 0 Å². The predicted molar refractivity (Wildman–Crippen MR) is 102 cm³/mol. The zero-order valence-electron chi connectivity index (χ0n) is 15.7. The maximum absolute atomic E-state index is 13.3. The van der Waals surface area contributed by atoms with Crippen LogP contribution in [0.25, 0.3) is 0 Å². The Hall–Kier alpha value is -2.15. The van der Waals surface area contributed by atoms with E-state index in [0.29, 0.717) is 30.5 Å². The summed E-state index contributed by atoms with van der Waals surface area (Å²) in [6, 6.07) is 4.65. The second-order valence-electron chi connectivity index (χ2n) is 8.41. The third-order valence-corrected chi connectivity index (χ3v) is 6.65. The fourth-order valence-corrected chi connectivity index (χ4v) is 4.91. The van der Waals surface area contributed by atoms with E-state index >= 15 is 0 Å². The van der Waals surface area contributed by atoms with E-state index in [2.05, 4.69) is 11.8 Å². The van der Waals surface area contributed by atoms with Gasteiger partial charge < -0.3 is 14.9 Å². The van der Waals surface area contributed by atoms with Crippen LogP contribution in [-0.4, -0.2) is 53.1 Å². The lowest BCUT2D eigenvalue weighted by Gasteiger charge is -2.33. The molecule has 4 rings (SSSR count). The van der Waals surface area contributed by atoms with Crippen LogP contribution < -0.4 is 4.90 Å². The first kappa shape index (κ1) is 18.2. The lowest BCUT2D eigenvalue weighted by Crippen LogP contribution is -2.36. The fraction of sp³-hybridized carbons (Fsp3) is 0.650. The van der Waals surface area contributed by atoms with Crippen molar-refractivity contribution >= 4 is 17.3 Å². The Labute approximate surface area is 159 Å². The molecular formula is C20H27N3O4. The number of nitrogens with zero attached hydrogens (tertiary/aromatic N) is 3. The lowest BCUT2D eigenvalue weighted by atomic mass is 9.97. The van der Waals surface area contributed by atoms with E-state index in [-0.39, 0.29) is 23.6 Å². The molecule has 7 nitrogen and oxygen atoms in total. The minimum absolute atomic E-state index is 0.0492. The molecule has 1 aromatic carbocycles. The number of nitro benzene ring substituents is 1. The van der Waals surface area contributed by atoms with Crippen LogP contribution >= 0.6 is 0 Å². The highest BCUT2D eigenvalue weighted by Crippen LogP contribution is 2.39. The number of rotatable bonds is 3. The number of carbonyl (C=O) groups excluding carboxylic acids is 1. The number of likely N-dealkylation sites (tertiary alicyclic amines) is 1. The Morgan fingerprint density at radius 1 is 1.19 bits per heavy atom. The average Bonchev–Trinajstić information content (AvgIpc) is 3.23. The minimum atomic E-state index is -0.443. The summed E-state index contributed by atoms with van der Waals surface area (Å²) < 4.78 is 0. The smallest absolute Gasteiger partial charge is 0.270 e. The van der Waals surface area contributed by atoms with Crippen LogP contribution in [-0.2, 0) is 0 Å². The van der Waals surface area contributed by atoms with Crippen molar-refractivity contribution < 1.29 is 14.8 Å². The second kappa shape index (κ2) is 7.11. The van der Waals surface area contributed by atoms with Crippen LogP contribution in [0, 0.1) is 27.9 Å². The van der Waals surface area contributed by atoms with Gasteiger partial charge in [-0.15, -0.1) is 0 Å². The van der Waals surface area contributed by atoms with Gasteiger partial charge in [0.1, 0.15) is 0 Å². The van der Waals surface area contributed by atoms with E-state index < -0.39 is 4.92 Å². The Balaban J connectivity index is 1.62. The highest BCUT2D eigenvalue weighted by molar-refractivity contribution is 6.00. The zero-order chi connectivity index (χ0) is 19.1. The maximum Gasteiger partial charge on any atom is 0.270 e. The van der Waals surface area contributed by atoms with Crippen LogP contribution in [0.5, 0.6) is 0 Å². The Kier molecular flexibility index (Phi) is 4.80. The normalized spacial score (nSPS) is 28.4. The number of fused-ring (bicyclic) bond motifs is 1. The number of hydrogen-bond acceptors (Lipinski definition) is 5. The van der Waals surface area contributed by atoms with Gasteiger partial charge in [0.05, 0.1) is 22.3 Å². The summed E-state index contributed by atoms with van der Waals surface area (Å²) in [6.07, 6.45) is 3.54. The molecule has 1 aromatic rings. The number of benzene rings is 1. The number of aliphatic hydroxyl groups excluding tert-OH is 1. The summed E-state index contributed by atoms with van der Waals surface area (Å²) >= 11 is 0. The first-order valence-corrected chi connectivity index (χ1v) is 9.94. The monoisotopic (exact) mass is 373 g/mol. The molecule has 0 unspecified atom stereocenters. The first-order chi connectivity index (χ1) is 12.9. The van der Waals surface area contributed by atoms with Crippen molar-refractivity contribution in [1.29, 1.82) is 0 Å². The Bertz CT molecular complexity index is 745. The number of piperidine rings is 1. The number of nitro groups is 1. The van der Waals surface area contributed by atoms with Crippen molar-refractivity contribution in [1.82, 2.24) is 4.90 Å². The van der Waals surface area contributed by atoms with Crippen molar-refractivity contribution in [2.45, 2.75) is 38.7 Å². The van der Waals surface area contributed by atoms with Crippen LogP contribution in [0.3, 0.4) is 0 Å². The summed E-state index contributed by atoms with van der Waals surface area (Å²) in [5.74, 6) is 1.01. The molecule has 1 saturated carbocycles. The van der Waals surface area contributed by atoms with Gasteiger partial charge in [0, 0.05) is 44.2 Å². The van der Waals surface area contributed by atoms with Gasteiger partial charge in [0.25, 0.3) is 11.6 Å². The molecule has 2 heterocycles. The molecule has 27 heavy (non-hydrogen) atoms. The minimum Gasteiger partial charge on any atom is -0.393 e. The van der Waals surface area contributed by atoms with Gasteiger partial charge >= 0.3 is 0 Å². The molecule has 7 heteroatoms. The molecule has 2 aliphatic heterocycles. The molecule has 3 aliphatic rings. The number of amides is 1. The van der Waals surface area contributed by atoms with Gasteiger partial charge in [-0.1, -0.05) is 6.92 Å². The van der Waals surface area contributed by atoms with Crippen LogP contribution in [0.15, 0.2) is 18.2 Å². The van der Waals surface area contributed by atoms with Gasteiger partial charge in [0.2, 0.25) is 0 Å². The molecule has 2 saturated heterocycles. The maximum atomic E-state index is 13.3. The summed E-state index contributed by atoms with van der Waals surface area (Å²) in [5.41, 5.74) is 1.18. The van der Waals surface area contributed by atoms with Gasteiger partial charge in [-0.3, -0.25) is 14.9 Å². The van der Waals surface area contributed by atoms with Crippen LogP contribution in [0.2, 0.25) is 0 Å². The van der Waals surface area contributed by atoms with Crippen molar-refractivity contribution in [3.63, 3.8) is 0 Å². The van der Waals surface area contributed by atoms with Crippen molar-refractivity contribution in [3.8, 4) is 0 Å². The highest BCUT2D eigenvalue weighted by Gasteiger charge is 2.44. The van der Waals surface area contributed by atoms with E-state index in [1.54, 1.807) is 11.0 Å². The molecule has 3 atom stereocenters. The third-order valence-electron chi connectivity index (χ3n) is 6.65.